The third-order valence-corrected chi connectivity index (χ3v) is 5.63. The van der Waals surface area contributed by atoms with Crippen molar-refractivity contribution in [1.29, 1.82) is 0 Å². The van der Waals surface area contributed by atoms with Gasteiger partial charge < -0.3 is 10.2 Å². The van der Waals surface area contributed by atoms with Crippen molar-refractivity contribution in [3.63, 3.8) is 0 Å². The molecule has 3 aromatic heterocycles. The molecule has 0 radical (unpaired) electrons. The number of amides is 1. The number of aromatic nitrogens is 4. The molecule has 0 spiro atoms. The zero-order valence-corrected chi connectivity index (χ0v) is 17.0. The molecule has 1 N–H and O–H groups in total. The predicted molar refractivity (Wildman–Crippen MR) is 116 cm³/mol. The molecule has 4 heterocycles. The third kappa shape index (κ3) is 3.61. The molecule has 31 heavy (non-hydrogen) atoms. The van der Waals surface area contributed by atoms with Crippen molar-refractivity contribution >= 4 is 23.1 Å². The standard InChI is InChI=1S/C23H21FN6O/c1-15-18(7-3-10-25-15)23(31)27-19-14-26-30-12-9-21(28-22(19)30)29-11-4-8-20(29)16-5-2-6-17(24)13-16/h2-3,5-7,9-10,12-14,20H,4,8,11H2,1H3,(H,27,31)/t20-/m1/s1. The lowest BCUT2D eigenvalue weighted by molar-refractivity contribution is 0.102. The number of anilines is 2. The van der Waals surface area contributed by atoms with E-state index >= 15 is 0 Å². The van der Waals surface area contributed by atoms with Crippen molar-refractivity contribution in [2.75, 3.05) is 16.8 Å². The smallest absolute Gasteiger partial charge is 0.257 e. The van der Waals surface area contributed by atoms with Crippen molar-refractivity contribution in [2.24, 2.45) is 0 Å². The van der Waals surface area contributed by atoms with Gasteiger partial charge in [0.1, 0.15) is 17.3 Å². The Hall–Kier alpha value is -3.81. The molecule has 1 atom stereocenters. The van der Waals surface area contributed by atoms with Gasteiger partial charge in [-0.15, -0.1) is 0 Å². The second kappa shape index (κ2) is 7.79. The summed E-state index contributed by atoms with van der Waals surface area (Å²) in [5.41, 5.74) is 3.17. The molecule has 4 aromatic rings. The number of halogens is 1. The highest BCUT2D eigenvalue weighted by Gasteiger charge is 2.28. The molecule has 0 saturated carbocycles. The lowest BCUT2D eigenvalue weighted by atomic mass is 10.0. The second-order valence-electron chi connectivity index (χ2n) is 7.61. The normalized spacial score (nSPS) is 16.1. The summed E-state index contributed by atoms with van der Waals surface area (Å²) in [6, 6.07) is 12.2. The quantitative estimate of drug-likeness (QED) is 0.541. The van der Waals surface area contributed by atoms with Crippen LogP contribution in [0.15, 0.2) is 61.1 Å². The van der Waals surface area contributed by atoms with E-state index in [4.69, 9.17) is 4.98 Å². The van der Waals surface area contributed by atoms with Crippen LogP contribution in [0.5, 0.6) is 0 Å². The Morgan fingerprint density at radius 1 is 1.23 bits per heavy atom. The number of nitrogens with one attached hydrogen (secondary N) is 1. The first-order chi connectivity index (χ1) is 15.1. The first kappa shape index (κ1) is 19.2. The number of benzene rings is 1. The Labute approximate surface area is 178 Å². The second-order valence-corrected chi connectivity index (χ2v) is 7.61. The summed E-state index contributed by atoms with van der Waals surface area (Å²) in [5, 5.41) is 7.20. The van der Waals surface area contributed by atoms with Crippen molar-refractivity contribution in [2.45, 2.75) is 25.8 Å². The van der Waals surface area contributed by atoms with Gasteiger partial charge in [0, 0.05) is 24.6 Å². The molecule has 1 aliphatic heterocycles. The maximum atomic E-state index is 13.8. The van der Waals surface area contributed by atoms with Gasteiger partial charge in [-0.05, 0) is 55.7 Å². The molecule has 1 amide bonds. The van der Waals surface area contributed by atoms with Gasteiger partial charge in [-0.1, -0.05) is 12.1 Å². The van der Waals surface area contributed by atoms with Gasteiger partial charge in [-0.3, -0.25) is 9.78 Å². The number of nitrogens with zero attached hydrogens (tertiary/aromatic N) is 5. The summed E-state index contributed by atoms with van der Waals surface area (Å²) in [6.45, 7) is 2.62. The summed E-state index contributed by atoms with van der Waals surface area (Å²) >= 11 is 0. The average Bonchev–Trinajstić information content (AvgIpc) is 3.41. The van der Waals surface area contributed by atoms with Crippen molar-refractivity contribution < 1.29 is 9.18 Å². The number of fused-ring (bicyclic) bond motifs is 1. The molecule has 156 valence electrons. The number of hydrogen-bond donors (Lipinski definition) is 1. The fourth-order valence-electron chi connectivity index (χ4n) is 4.12. The first-order valence-corrected chi connectivity index (χ1v) is 10.2. The first-order valence-electron chi connectivity index (χ1n) is 10.2. The van der Waals surface area contributed by atoms with Crippen LogP contribution in [0.1, 0.15) is 40.5 Å². The van der Waals surface area contributed by atoms with Gasteiger partial charge >= 0.3 is 0 Å². The highest BCUT2D eigenvalue weighted by Crippen LogP contribution is 2.35. The van der Waals surface area contributed by atoms with Gasteiger partial charge in [0.25, 0.3) is 5.91 Å². The lowest BCUT2D eigenvalue weighted by Crippen LogP contribution is -2.24. The van der Waals surface area contributed by atoms with E-state index in [9.17, 15) is 9.18 Å². The summed E-state index contributed by atoms with van der Waals surface area (Å²) < 4.78 is 15.4. The van der Waals surface area contributed by atoms with Crippen LogP contribution in [-0.4, -0.2) is 32.0 Å². The minimum Gasteiger partial charge on any atom is -0.349 e. The van der Waals surface area contributed by atoms with E-state index in [1.165, 1.54) is 6.07 Å². The molecular weight excluding hydrogens is 395 g/mol. The number of carbonyl (C=O) groups excluding carboxylic acids is 1. The minimum atomic E-state index is -0.258. The Kier molecular flexibility index (Phi) is 4.82. The van der Waals surface area contributed by atoms with Crippen LogP contribution in [0.25, 0.3) is 5.65 Å². The fraction of sp³-hybridized carbons (Fsp3) is 0.217. The van der Waals surface area contributed by atoms with E-state index in [1.54, 1.807) is 48.1 Å². The number of aryl methyl sites for hydroxylation is 1. The van der Waals surface area contributed by atoms with Crippen LogP contribution < -0.4 is 10.2 Å². The van der Waals surface area contributed by atoms with Crippen LogP contribution in [0.4, 0.5) is 15.9 Å². The zero-order valence-electron chi connectivity index (χ0n) is 17.0. The number of hydrogen-bond acceptors (Lipinski definition) is 5. The van der Waals surface area contributed by atoms with E-state index in [1.807, 2.05) is 18.3 Å². The molecule has 1 fully saturated rings. The van der Waals surface area contributed by atoms with E-state index in [0.29, 0.717) is 22.6 Å². The lowest BCUT2D eigenvalue weighted by Gasteiger charge is -2.26. The SMILES string of the molecule is Cc1ncccc1C(=O)Nc1cnn2ccc(N3CCC[C@@H]3c3cccc(F)c3)nc12. The number of pyridine rings is 1. The highest BCUT2D eigenvalue weighted by atomic mass is 19.1. The summed E-state index contributed by atoms with van der Waals surface area (Å²) in [7, 11) is 0. The molecule has 7 nitrogen and oxygen atoms in total. The van der Waals surface area contributed by atoms with E-state index in [-0.39, 0.29) is 17.8 Å². The molecule has 8 heteroatoms. The van der Waals surface area contributed by atoms with Crippen LogP contribution >= 0.6 is 0 Å². The maximum Gasteiger partial charge on any atom is 0.257 e. The van der Waals surface area contributed by atoms with Gasteiger partial charge in [0.15, 0.2) is 5.65 Å². The van der Waals surface area contributed by atoms with Gasteiger partial charge in [0.2, 0.25) is 0 Å². The predicted octanol–water partition coefficient (Wildman–Crippen LogP) is 4.17. The Morgan fingerprint density at radius 2 is 2.13 bits per heavy atom. The van der Waals surface area contributed by atoms with Gasteiger partial charge in [0.05, 0.1) is 17.8 Å². The fourth-order valence-corrected chi connectivity index (χ4v) is 4.12. The van der Waals surface area contributed by atoms with Crippen LogP contribution in [0.3, 0.4) is 0 Å². The largest absolute Gasteiger partial charge is 0.349 e. The van der Waals surface area contributed by atoms with Crippen molar-refractivity contribution in [1.82, 2.24) is 19.6 Å². The molecule has 1 aliphatic rings. The highest BCUT2D eigenvalue weighted by molar-refractivity contribution is 6.06. The van der Waals surface area contributed by atoms with Gasteiger partial charge in [-0.2, -0.15) is 5.10 Å². The Bertz CT molecular complexity index is 1270. The van der Waals surface area contributed by atoms with E-state index in [2.05, 4.69) is 20.3 Å². The molecule has 5 rings (SSSR count). The molecule has 0 unspecified atom stereocenters. The number of rotatable bonds is 4. The molecule has 0 bridgehead atoms. The Balaban J connectivity index is 1.46. The summed E-state index contributed by atoms with van der Waals surface area (Å²) in [6.07, 6.45) is 6.99. The van der Waals surface area contributed by atoms with Crippen molar-refractivity contribution in [3.05, 3.63) is 83.7 Å². The third-order valence-electron chi connectivity index (χ3n) is 5.63. The topological polar surface area (TPSA) is 75.4 Å². The summed E-state index contributed by atoms with van der Waals surface area (Å²) in [5.74, 6) is 0.276. The molecule has 0 aliphatic carbocycles. The molecule has 1 aromatic carbocycles. The average molecular weight is 416 g/mol. The van der Waals surface area contributed by atoms with Crippen molar-refractivity contribution in [3.8, 4) is 0 Å². The molecule has 1 saturated heterocycles. The molecular formula is C23H21FN6O. The van der Waals surface area contributed by atoms with Crippen LogP contribution in [0, 0.1) is 12.7 Å². The van der Waals surface area contributed by atoms with E-state index in [0.717, 1.165) is 30.8 Å². The van der Waals surface area contributed by atoms with E-state index < -0.39 is 0 Å². The maximum absolute atomic E-state index is 13.8. The zero-order chi connectivity index (χ0) is 21.4. The van der Waals surface area contributed by atoms with Crippen LogP contribution in [0.2, 0.25) is 0 Å². The minimum absolute atomic E-state index is 0.0599. The number of carbonyl (C=O) groups is 1. The summed E-state index contributed by atoms with van der Waals surface area (Å²) in [4.78, 5) is 23.9. The monoisotopic (exact) mass is 416 g/mol. The van der Waals surface area contributed by atoms with Crippen LogP contribution in [-0.2, 0) is 0 Å². The Morgan fingerprint density at radius 3 is 2.97 bits per heavy atom. The van der Waals surface area contributed by atoms with Gasteiger partial charge in [-0.25, -0.2) is 13.9 Å².